The maximum Gasteiger partial charge on any atom is 0.281 e. The van der Waals surface area contributed by atoms with Gasteiger partial charge in [-0.2, -0.15) is 0 Å². The molecular formula is C11H10F2N2O3. The number of nitro benzene ring substituents is 1. The fraction of sp³-hybridized carbons (Fsp3) is 0.364. The monoisotopic (exact) mass is 256 g/mol. The smallest absolute Gasteiger partial charge is 0.281 e. The maximum atomic E-state index is 13.1. The Morgan fingerprint density at radius 2 is 2.17 bits per heavy atom. The molecule has 0 aliphatic carbocycles. The minimum absolute atomic E-state index is 0.0784. The second-order valence-corrected chi connectivity index (χ2v) is 4.11. The molecule has 0 spiro atoms. The average Bonchev–Trinajstić information content (AvgIpc) is 2.68. The molecule has 0 aromatic heterocycles. The number of aldehydes is 1. The van der Waals surface area contributed by atoms with Crippen molar-refractivity contribution >= 4 is 17.7 Å². The number of halogens is 2. The molecule has 0 radical (unpaired) electrons. The Balaban J connectivity index is 2.43. The molecule has 96 valence electrons. The van der Waals surface area contributed by atoms with E-state index < -0.39 is 17.4 Å². The van der Waals surface area contributed by atoms with Crippen molar-refractivity contribution in [3.63, 3.8) is 0 Å². The number of carbonyl (C=O) groups is 1. The first-order valence-corrected chi connectivity index (χ1v) is 5.30. The van der Waals surface area contributed by atoms with E-state index in [0.29, 0.717) is 6.29 Å². The van der Waals surface area contributed by atoms with E-state index in [1.807, 2.05) is 0 Å². The minimum Gasteiger partial charge on any atom is -0.364 e. The number of benzene rings is 1. The van der Waals surface area contributed by atoms with Crippen molar-refractivity contribution in [3.05, 3.63) is 33.9 Å². The summed E-state index contributed by atoms with van der Waals surface area (Å²) in [5, 5.41) is 10.8. The number of carbonyl (C=O) groups excluding carboxylic acids is 1. The molecule has 0 N–H and O–H groups in total. The van der Waals surface area contributed by atoms with Crippen molar-refractivity contribution in [1.82, 2.24) is 0 Å². The van der Waals surface area contributed by atoms with Gasteiger partial charge in [-0.05, 0) is 6.07 Å². The first-order valence-electron chi connectivity index (χ1n) is 5.30. The van der Waals surface area contributed by atoms with Crippen molar-refractivity contribution in [2.75, 3.05) is 18.0 Å². The standard InChI is InChI=1S/C11H10F2N2O3/c12-11(13)4-5-14(7-11)9-2-1-3-10(15(17)18)8(9)6-16/h1-3,6H,4-5,7H2. The molecule has 0 amide bonds. The Bertz CT molecular complexity index is 505. The summed E-state index contributed by atoms with van der Waals surface area (Å²) in [4.78, 5) is 22.3. The second-order valence-electron chi connectivity index (χ2n) is 4.11. The van der Waals surface area contributed by atoms with E-state index in [1.165, 1.54) is 23.1 Å². The summed E-state index contributed by atoms with van der Waals surface area (Å²) in [6, 6.07) is 4.01. The molecule has 18 heavy (non-hydrogen) atoms. The highest BCUT2D eigenvalue weighted by Crippen LogP contribution is 2.34. The molecule has 0 saturated carbocycles. The first-order chi connectivity index (χ1) is 8.44. The lowest BCUT2D eigenvalue weighted by Crippen LogP contribution is -2.25. The Morgan fingerprint density at radius 3 is 2.67 bits per heavy atom. The summed E-state index contributed by atoms with van der Waals surface area (Å²) in [6.45, 7) is -0.440. The Morgan fingerprint density at radius 1 is 1.44 bits per heavy atom. The van der Waals surface area contributed by atoms with Gasteiger partial charge in [0.2, 0.25) is 0 Å². The zero-order valence-electron chi connectivity index (χ0n) is 9.31. The number of hydrogen-bond acceptors (Lipinski definition) is 4. The summed E-state index contributed by atoms with van der Waals surface area (Å²) in [5.74, 6) is -2.81. The van der Waals surface area contributed by atoms with Crippen LogP contribution >= 0.6 is 0 Å². The predicted octanol–water partition coefficient (Wildman–Crippen LogP) is 2.25. The molecule has 1 fully saturated rings. The lowest BCUT2D eigenvalue weighted by Gasteiger charge is -2.19. The molecule has 1 aromatic rings. The minimum atomic E-state index is -2.81. The van der Waals surface area contributed by atoms with Crippen LogP contribution in [0.2, 0.25) is 0 Å². The van der Waals surface area contributed by atoms with Gasteiger partial charge in [-0.15, -0.1) is 0 Å². The van der Waals surface area contributed by atoms with E-state index in [4.69, 9.17) is 0 Å². The maximum absolute atomic E-state index is 13.1. The van der Waals surface area contributed by atoms with Crippen molar-refractivity contribution in [2.24, 2.45) is 0 Å². The van der Waals surface area contributed by atoms with E-state index in [2.05, 4.69) is 0 Å². The topological polar surface area (TPSA) is 63.5 Å². The van der Waals surface area contributed by atoms with Crippen molar-refractivity contribution < 1.29 is 18.5 Å². The van der Waals surface area contributed by atoms with Crippen LogP contribution in [0.4, 0.5) is 20.2 Å². The highest BCUT2D eigenvalue weighted by molar-refractivity contribution is 5.90. The van der Waals surface area contributed by atoms with Gasteiger partial charge < -0.3 is 4.90 Å². The van der Waals surface area contributed by atoms with Crippen molar-refractivity contribution in [2.45, 2.75) is 12.3 Å². The van der Waals surface area contributed by atoms with Gasteiger partial charge in [0, 0.05) is 19.0 Å². The summed E-state index contributed by atoms with van der Waals surface area (Å²) in [7, 11) is 0. The highest BCUT2D eigenvalue weighted by atomic mass is 19.3. The molecule has 1 aliphatic heterocycles. The Hall–Kier alpha value is -2.05. The Labute approximate surface area is 101 Å². The zero-order chi connectivity index (χ0) is 13.3. The fourth-order valence-corrected chi connectivity index (χ4v) is 2.04. The van der Waals surface area contributed by atoms with Crippen molar-refractivity contribution in [3.8, 4) is 0 Å². The van der Waals surface area contributed by atoms with Crippen LogP contribution in [-0.4, -0.2) is 30.2 Å². The number of hydrogen-bond donors (Lipinski definition) is 0. The van der Waals surface area contributed by atoms with Crippen LogP contribution in [0.15, 0.2) is 18.2 Å². The van der Waals surface area contributed by atoms with Crippen LogP contribution in [0.1, 0.15) is 16.8 Å². The Kier molecular flexibility index (Phi) is 2.98. The van der Waals surface area contributed by atoms with E-state index in [1.54, 1.807) is 0 Å². The van der Waals surface area contributed by atoms with Crippen LogP contribution in [0, 0.1) is 10.1 Å². The molecular weight excluding hydrogens is 246 g/mol. The first kappa shape index (κ1) is 12.4. The molecule has 0 unspecified atom stereocenters. The number of rotatable bonds is 3. The average molecular weight is 256 g/mol. The molecule has 5 nitrogen and oxygen atoms in total. The van der Waals surface area contributed by atoms with Gasteiger partial charge in [0.1, 0.15) is 5.56 Å². The molecule has 1 aliphatic rings. The predicted molar refractivity (Wildman–Crippen MR) is 60.3 cm³/mol. The summed E-state index contributed by atoms with van der Waals surface area (Å²) in [6.07, 6.45) is 0.0257. The van der Waals surface area contributed by atoms with Gasteiger partial charge in [-0.1, -0.05) is 6.07 Å². The second kappa shape index (κ2) is 4.32. The quantitative estimate of drug-likeness (QED) is 0.472. The van der Waals surface area contributed by atoms with Gasteiger partial charge in [0.05, 0.1) is 17.2 Å². The van der Waals surface area contributed by atoms with Gasteiger partial charge in [-0.25, -0.2) is 8.78 Å². The number of nitrogens with zero attached hydrogens (tertiary/aromatic N) is 2. The highest BCUT2D eigenvalue weighted by Gasteiger charge is 2.39. The van der Waals surface area contributed by atoms with Crippen LogP contribution in [0.25, 0.3) is 0 Å². The van der Waals surface area contributed by atoms with Crippen LogP contribution < -0.4 is 4.90 Å². The van der Waals surface area contributed by atoms with Gasteiger partial charge in [-0.3, -0.25) is 14.9 Å². The van der Waals surface area contributed by atoms with Crippen LogP contribution in [0.5, 0.6) is 0 Å². The van der Waals surface area contributed by atoms with Crippen LogP contribution in [0.3, 0.4) is 0 Å². The molecule has 7 heteroatoms. The summed E-state index contributed by atoms with van der Waals surface area (Å²) >= 11 is 0. The zero-order valence-corrected chi connectivity index (χ0v) is 9.31. The SMILES string of the molecule is O=Cc1c(N2CCC(F)(F)C2)cccc1[N+](=O)[O-]. The lowest BCUT2D eigenvalue weighted by atomic mass is 10.1. The number of alkyl halides is 2. The molecule has 0 atom stereocenters. The lowest BCUT2D eigenvalue weighted by molar-refractivity contribution is -0.385. The van der Waals surface area contributed by atoms with Crippen molar-refractivity contribution in [1.29, 1.82) is 0 Å². The van der Waals surface area contributed by atoms with Gasteiger partial charge in [0.15, 0.2) is 6.29 Å². The van der Waals surface area contributed by atoms with Gasteiger partial charge in [0.25, 0.3) is 11.6 Å². The molecule has 1 aromatic carbocycles. The van der Waals surface area contributed by atoms with E-state index >= 15 is 0 Å². The fourth-order valence-electron chi connectivity index (χ4n) is 2.04. The third-order valence-corrected chi connectivity index (χ3v) is 2.88. The van der Waals surface area contributed by atoms with E-state index in [0.717, 1.165) is 0 Å². The normalized spacial score (nSPS) is 17.8. The number of nitro groups is 1. The molecule has 1 heterocycles. The molecule has 0 bridgehead atoms. The summed E-state index contributed by atoms with van der Waals surface area (Å²) in [5.41, 5.74) is -0.325. The third-order valence-electron chi connectivity index (χ3n) is 2.88. The van der Waals surface area contributed by atoms with E-state index in [-0.39, 0.29) is 29.9 Å². The number of anilines is 1. The third kappa shape index (κ3) is 2.15. The molecule has 2 rings (SSSR count). The van der Waals surface area contributed by atoms with Gasteiger partial charge >= 0.3 is 0 Å². The molecule has 1 saturated heterocycles. The van der Waals surface area contributed by atoms with Crippen LogP contribution in [-0.2, 0) is 0 Å². The van der Waals surface area contributed by atoms with E-state index in [9.17, 15) is 23.7 Å². The summed E-state index contributed by atoms with van der Waals surface area (Å²) < 4.78 is 26.2. The largest absolute Gasteiger partial charge is 0.364 e.